The van der Waals surface area contributed by atoms with Crippen molar-refractivity contribution in [2.75, 3.05) is 18.0 Å². The molecule has 0 radical (unpaired) electrons. The molecule has 0 unspecified atom stereocenters. The first kappa shape index (κ1) is 15.1. The van der Waals surface area contributed by atoms with Crippen LogP contribution in [0.2, 0.25) is 0 Å². The third-order valence-electron chi connectivity index (χ3n) is 3.82. The molecule has 6 heteroatoms. The maximum atomic E-state index is 12.6. The number of anilines is 1. The molecule has 2 rings (SSSR count). The maximum Gasteiger partial charge on any atom is 0.391 e. The molecule has 3 nitrogen and oxygen atoms in total. The average molecular weight is 288 g/mol. The molecule has 0 saturated carbocycles. The van der Waals surface area contributed by atoms with Gasteiger partial charge in [0.05, 0.1) is 29.6 Å². The molecule has 0 bridgehead atoms. The van der Waals surface area contributed by atoms with Crippen LogP contribution >= 0.6 is 0 Å². The van der Waals surface area contributed by atoms with Crippen molar-refractivity contribution >= 4 is 5.69 Å². The van der Waals surface area contributed by atoms with Crippen molar-refractivity contribution in [3.63, 3.8) is 0 Å². The van der Waals surface area contributed by atoms with Gasteiger partial charge >= 0.3 is 6.18 Å². The van der Waals surface area contributed by atoms with Crippen LogP contribution in [0.25, 0.3) is 0 Å². The van der Waals surface area contributed by atoms with E-state index in [9.17, 15) is 18.3 Å². The molecule has 1 aromatic rings. The van der Waals surface area contributed by atoms with Gasteiger partial charge in [-0.25, -0.2) is 0 Å². The molecule has 1 N–H and O–H groups in total. The Hall–Kier alpha value is -1.30. The number of hydrogen-bond donors (Lipinski definition) is 1. The van der Waals surface area contributed by atoms with Crippen LogP contribution in [0.1, 0.15) is 38.0 Å². The van der Waals surface area contributed by atoms with Crippen molar-refractivity contribution in [1.82, 2.24) is 4.98 Å². The number of aromatic nitrogens is 1. The molecule has 2 heterocycles. The van der Waals surface area contributed by atoms with Gasteiger partial charge in [0.15, 0.2) is 0 Å². The van der Waals surface area contributed by atoms with Crippen LogP contribution in [0.15, 0.2) is 18.3 Å². The normalized spacial score (nSPS) is 19.1. The number of alkyl halides is 3. The largest absolute Gasteiger partial charge is 0.391 e. The molecule has 0 aromatic carbocycles. The van der Waals surface area contributed by atoms with E-state index in [-0.39, 0.29) is 12.8 Å². The Balaban J connectivity index is 1.97. The van der Waals surface area contributed by atoms with E-state index in [0.717, 1.165) is 5.69 Å². The van der Waals surface area contributed by atoms with E-state index >= 15 is 0 Å². The highest BCUT2D eigenvalue weighted by atomic mass is 19.4. The Bertz CT molecular complexity index is 425. The van der Waals surface area contributed by atoms with Gasteiger partial charge in [-0.15, -0.1) is 0 Å². The minimum atomic E-state index is -4.08. The summed E-state index contributed by atoms with van der Waals surface area (Å²) in [6, 6.07) is 3.55. The van der Waals surface area contributed by atoms with Crippen LogP contribution in [-0.2, 0) is 0 Å². The van der Waals surface area contributed by atoms with Crippen molar-refractivity contribution in [2.45, 2.75) is 38.5 Å². The highest BCUT2D eigenvalue weighted by Crippen LogP contribution is 2.35. The van der Waals surface area contributed by atoms with Gasteiger partial charge < -0.3 is 10.0 Å². The zero-order valence-electron chi connectivity index (χ0n) is 11.4. The SMILES string of the molecule is CC[C@@H](O)c1ccc(N2CCC(C(F)(F)F)CC2)cn1. The van der Waals surface area contributed by atoms with E-state index in [1.54, 1.807) is 12.3 Å². The predicted molar refractivity (Wildman–Crippen MR) is 70.5 cm³/mol. The molecule has 112 valence electrons. The van der Waals surface area contributed by atoms with E-state index in [1.807, 2.05) is 17.9 Å². The van der Waals surface area contributed by atoms with Crippen molar-refractivity contribution in [1.29, 1.82) is 0 Å². The van der Waals surface area contributed by atoms with Crippen LogP contribution in [0.4, 0.5) is 18.9 Å². The highest BCUT2D eigenvalue weighted by Gasteiger charge is 2.41. The first-order valence-electron chi connectivity index (χ1n) is 6.87. The third kappa shape index (κ3) is 3.42. The minimum Gasteiger partial charge on any atom is -0.387 e. The molecule has 1 fully saturated rings. The number of rotatable bonds is 3. The van der Waals surface area contributed by atoms with Crippen molar-refractivity contribution < 1.29 is 18.3 Å². The van der Waals surface area contributed by atoms with Gasteiger partial charge in [-0.05, 0) is 31.4 Å². The zero-order valence-corrected chi connectivity index (χ0v) is 11.4. The summed E-state index contributed by atoms with van der Waals surface area (Å²) in [5.41, 5.74) is 1.42. The van der Waals surface area contributed by atoms with Crippen LogP contribution in [0.5, 0.6) is 0 Å². The molecular formula is C14H19F3N2O. The summed E-state index contributed by atoms with van der Waals surface area (Å²) in [5, 5.41) is 9.65. The fourth-order valence-corrected chi connectivity index (χ4v) is 2.46. The second-order valence-corrected chi connectivity index (χ2v) is 5.17. The average Bonchev–Trinajstić information content (AvgIpc) is 2.46. The predicted octanol–water partition coefficient (Wildman–Crippen LogP) is 3.30. The smallest absolute Gasteiger partial charge is 0.387 e. The monoisotopic (exact) mass is 288 g/mol. The number of aliphatic hydroxyl groups is 1. The molecule has 1 aliphatic rings. The Morgan fingerprint density at radius 2 is 2.00 bits per heavy atom. The van der Waals surface area contributed by atoms with E-state index in [1.165, 1.54) is 0 Å². The summed E-state index contributed by atoms with van der Waals surface area (Å²) >= 11 is 0. The van der Waals surface area contributed by atoms with Gasteiger partial charge in [0.1, 0.15) is 0 Å². The van der Waals surface area contributed by atoms with Crippen LogP contribution in [0.3, 0.4) is 0 Å². The molecule has 1 saturated heterocycles. The molecule has 0 amide bonds. The van der Waals surface area contributed by atoms with Gasteiger partial charge in [-0.1, -0.05) is 6.92 Å². The summed E-state index contributed by atoms with van der Waals surface area (Å²) in [5.74, 6) is -1.19. The Morgan fingerprint density at radius 1 is 1.35 bits per heavy atom. The van der Waals surface area contributed by atoms with Gasteiger partial charge in [-0.2, -0.15) is 13.2 Å². The van der Waals surface area contributed by atoms with Gasteiger partial charge in [-0.3, -0.25) is 4.98 Å². The molecule has 1 atom stereocenters. The first-order valence-corrected chi connectivity index (χ1v) is 6.87. The van der Waals surface area contributed by atoms with Crippen LogP contribution < -0.4 is 4.90 Å². The van der Waals surface area contributed by atoms with Crippen LogP contribution in [-0.4, -0.2) is 29.4 Å². The lowest BCUT2D eigenvalue weighted by Gasteiger charge is -2.34. The van der Waals surface area contributed by atoms with Crippen molar-refractivity contribution in [2.24, 2.45) is 5.92 Å². The minimum absolute atomic E-state index is 0.128. The topological polar surface area (TPSA) is 36.4 Å². The summed E-state index contributed by atoms with van der Waals surface area (Å²) in [6.07, 6.45) is -2.20. The lowest BCUT2D eigenvalue weighted by atomic mass is 9.96. The first-order chi connectivity index (χ1) is 9.41. The second-order valence-electron chi connectivity index (χ2n) is 5.17. The van der Waals surface area contributed by atoms with Crippen molar-refractivity contribution in [3.05, 3.63) is 24.0 Å². The Labute approximate surface area is 116 Å². The summed E-state index contributed by atoms with van der Waals surface area (Å²) in [4.78, 5) is 6.09. The van der Waals surface area contributed by atoms with Gasteiger partial charge in [0, 0.05) is 13.1 Å². The maximum absolute atomic E-state index is 12.6. The molecule has 0 spiro atoms. The molecule has 1 aliphatic heterocycles. The van der Waals surface area contributed by atoms with Gasteiger partial charge in [0.25, 0.3) is 0 Å². The molecule has 1 aromatic heterocycles. The van der Waals surface area contributed by atoms with E-state index in [2.05, 4.69) is 4.98 Å². The van der Waals surface area contributed by atoms with E-state index < -0.39 is 18.2 Å². The lowest BCUT2D eigenvalue weighted by molar-refractivity contribution is -0.179. The standard InChI is InChI=1S/C14H19F3N2O/c1-2-13(20)12-4-3-11(9-18-12)19-7-5-10(6-8-19)14(15,16)17/h3-4,9-10,13,20H,2,5-8H2,1H3/t13-/m1/s1. The molecule has 20 heavy (non-hydrogen) atoms. The highest BCUT2D eigenvalue weighted by molar-refractivity contribution is 5.45. The number of nitrogens with zero attached hydrogens (tertiary/aromatic N) is 2. The Kier molecular flexibility index (Phi) is 4.52. The summed E-state index contributed by atoms with van der Waals surface area (Å²) in [7, 11) is 0. The lowest BCUT2D eigenvalue weighted by Crippen LogP contribution is -2.39. The quantitative estimate of drug-likeness (QED) is 0.927. The van der Waals surface area contributed by atoms with E-state index in [4.69, 9.17) is 0 Å². The Morgan fingerprint density at radius 3 is 2.45 bits per heavy atom. The van der Waals surface area contributed by atoms with E-state index in [0.29, 0.717) is 25.2 Å². The summed E-state index contributed by atoms with van der Waals surface area (Å²) in [6.45, 7) is 2.64. The zero-order chi connectivity index (χ0) is 14.8. The number of aliphatic hydroxyl groups excluding tert-OH is 1. The van der Waals surface area contributed by atoms with Crippen LogP contribution in [0, 0.1) is 5.92 Å². The third-order valence-corrected chi connectivity index (χ3v) is 3.82. The summed E-state index contributed by atoms with van der Waals surface area (Å²) < 4.78 is 37.8. The van der Waals surface area contributed by atoms with Gasteiger partial charge in [0.2, 0.25) is 0 Å². The number of pyridine rings is 1. The fraction of sp³-hybridized carbons (Fsp3) is 0.643. The number of piperidine rings is 1. The molecule has 0 aliphatic carbocycles. The number of hydrogen-bond acceptors (Lipinski definition) is 3. The second kappa shape index (κ2) is 5.99. The molecular weight excluding hydrogens is 269 g/mol. The fourth-order valence-electron chi connectivity index (χ4n) is 2.46. The van der Waals surface area contributed by atoms with Crippen molar-refractivity contribution in [3.8, 4) is 0 Å². The number of halogens is 3.